The van der Waals surface area contributed by atoms with E-state index in [4.69, 9.17) is 4.42 Å². The number of hydrogen-bond donors (Lipinski definition) is 1. The molecule has 0 bridgehead atoms. The number of nitrogens with one attached hydrogen (secondary N) is 1. The van der Waals surface area contributed by atoms with Gasteiger partial charge in [0.1, 0.15) is 0 Å². The SMILES string of the molecule is CNC1C(=O)N(Cc2ccoc2)CCCC1C. The topological polar surface area (TPSA) is 45.5 Å². The molecule has 1 amide bonds. The van der Waals surface area contributed by atoms with Crippen molar-refractivity contribution in [3.05, 3.63) is 24.2 Å². The Labute approximate surface area is 102 Å². The second kappa shape index (κ2) is 5.36. The molecule has 1 fully saturated rings. The molecule has 2 unspecified atom stereocenters. The molecule has 0 aromatic carbocycles. The fourth-order valence-corrected chi connectivity index (χ4v) is 2.49. The standard InChI is InChI=1S/C13H20N2O2/c1-10-4-3-6-15(13(16)12(10)14-2)8-11-5-7-17-9-11/h5,7,9-10,12,14H,3-4,6,8H2,1-2H3. The van der Waals surface area contributed by atoms with Crippen LogP contribution in [0.2, 0.25) is 0 Å². The van der Waals surface area contributed by atoms with Crippen LogP contribution in [0.3, 0.4) is 0 Å². The molecule has 0 radical (unpaired) electrons. The highest BCUT2D eigenvalue weighted by Crippen LogP contribution is 2.20. The van der Waals surface area contributed by atoms with Crippen LogP contribution in [-0.4, -0.2) is 30.4 Å². The monoisotopic (exact) mass is 236 g/mol. The minimum absolute atomic E-state index is 0.0515. The molecule has 4 heteroatoms. The van der Waals surface area contributed by atoms with Crippen LogP contribution in [0.15, 0.2) is 23.0 Å². The lowest BCUT2D eigenvalue weighted by molar-refractivity contribution is -0.134. The Kier molecular flexibility index (Phi) is 3.84. The number of hydrogen-bond acceptors (Lipinski definition) is 3. The van der Waals surface area contributed by atoms with E-state index in [1.54, 1.807) is 12.5 Å². The summed E-state index contributed by atoms with van der Waals surface area (Å²) in [6, 6.07) is 1.86. The highest BCUT2D eigenvalue weighted by Gasteiger charge is 2.30. The third-order valence-corrected chi connectivity index (χ3v) is 3.50. The zero-order valence-corrected chi connectivity index (χ0v) is 10.5. The molecule has 1 aliphatic heterocycles. The summed E-state index contributed by atoms with van der Waals surface area (Å²) < 4.78 is 5.04. The number of likely N-dealkylation sites (N-methyl/N-ethyl adjacent to an activating group) is 1. The van der Waals surface area contributed by atoms with Gasteiger partial charge in [-0.15, -0.1) is 0 Å². The molecule has 0 aliphatic carbocycles. The first-order valence-electron chi connectivity index (χ1n) is 6.19. The lowest BCUT2D eigenvalue weighted by Crippen LogP contribution is -2.46. The normalized spacial score (nSPS) is 26.0. The van der Waals surface area contributed by atoms with Crippen LogP contribution < -0.4 is 5.32 Å². The van der Waals surface area contributed by atoms with Crippen molar-refractivity contribution in [3.63, 3.8) is 0 Å². The molecule has 94 valence electrons. The Hall–Kier alpha value is -1.29. The van der Waals surface area contributed by atoms with Crippen molar-refractivity contribution in [1.29, 1.82) is 0 Å². The molecule has 1 aliphatic rings. The molecule has 2 rings (SSSR count). The van der Waals surface area contributed by atoms with Gasteiger partial charge in [0.05, 0.1) is 18.6 Å². The van der Waals surface area contributed by atoms with Crippen molar-refractivity contribution >= 4 is 5.91 Å². The number of rotatable bonds is 3. The first-order valence-corrected chi connectivity index (χ1v) is 6.19. The molecular weight excluding hydrogens is 216 g/mol. The van der Waals surface area contributed by atoms with E-state index >= 15 is 0 Å². The zero-order chi connectivity index (χ0) is 12.3. The average molecular weight is 236 g/mol. The first kappa shape index (κ1) is 12.2. The average Bonchev–Trinajstić information content (AvgIpc) is 2.76. The summed E-state index contributed by atoms with van der Waals surface area (Å²) in [5.74, 6) is 0.612. The lowest BCUT2D eigenvalue weighted by atomic mass is 9.98. The molecule has 2 heterocycles. The second-order valence-corrected chi connectivity index (χ2v) is 4.78. The van der Waals surface area contributed by atoms with Crippen LogP contribution in [0.4, 0.5) is 0 Å². The molecule has 1 aromatic heterocycles. The summed E-state index contributed by atoms with van der Waals surface area (Å²) in [5, 5.41) is 3.14. The molecule has 0 spiro atoms. The van der Waals surface area contributed by atoms with E-state index in [0.29, 0.717) is 12.5 Å². The van der Waals surface area contributed by atoms with Crippen molar-refractivity contribution in [1.82, 2.24) is 10.2 Å². The quantitative estimate of drug-likeness (QED) is 0.867. The minimum Gasteiger partial charge on any atom is -0.472 e. The van der Waals surface area contributed by atoms with Gasteiger partial charge in [-0.25, -0.2) is 0 Å². The van der Waals surface area contributed by atoms with Crippen LogP contribution in [0, 0.1) is 5.92 Å². The van der Waals surface area contributed by atoms with Gasteiger partial charge in [0.2, 0.25) is 5.91 Å². The Morgan fingerprint density at radius 3 is 3.06 bits per heavy atom. The third-order valence-electron chi connectivity index (χ3n) is 3.50. The van der Waals surface area contributed by atoms with Gasteiger partial charge in [-0.2, -0.15) is 0 Å². The summed E-state index contributed by atoms with van der Waals surface area (Å²) in [4.78, 5) is 14.3. The van der Waals surface area contributed by atoms with E-state index in [2.05, 4.69) is 12.2 Å². The summed E-state index contributed by atoms with van der Waals surface area (Å²) >= 11 is 0. The van der Waals surface area contributed by atoms with E-state index in [9.17, 15) is 4.79 Å². The Morgan fingerprint density at radius 2 is 2.41 bits per heavy atom. The number of amides is 1. The highest BCUT2D eigenvalue weighted by atomic mass is 16.3. The summed E-state index contributed by atoms with van der Waals surface area (Å²) in [6.45, 7) is 3.63. The molecule has 1 aromatic rings. The molecule has 2 atom stereocenters. The van der Waals surface area contributed by atoms with Crippen molar-refractivity contribution in [2.45, 2.75) is 32.4 Å². The van der Waals surface area contributed by atoms with Gasteiger partial charge in [-0.1, -0.05) is 6.92 Å². The van der Waals surface area contributed by atoms with Gasteiger partial charge in [0, 0.05) is 18.7 Å². The zero-order valence-electron chi connectivity index (χ0n) is 10.5. The van der Waals surface area contributed by atoms with Gasteiger partial charge in [-0.05, 0) is 31.9 Å². The van der Waals surface area contributed by atoms with Crippen molar-refractivity contribution in [2.24, 2.45) is 5.92 Å². The van der Waals surface area contributed by atoms with Crippen LogP contribution in [0.25, 0.3) is 0 Å². The molecular formula is C13H20N2O2. The maximum absolute atomic E-state index is 12.3. The van der Waals surface area contributed by atoms with Crippen LogP contribution in [0.1, 0.15) is 25.3 Å². The van der Waals surface area contributed by atoms with Crippen molar-refractivity contribution in [2.75, 3.05) is 13.6 Å². The van der Waals surface area contributed by atoms with Gasteiger partial charge in [0.25, 0.3) is 0 Å². The second-order valence-electron chi connectivity index (χ2n) is 4.78. The predicted molar refractivity (Wildman–Crippen MR) is 65.4 cm³/mol. The number of carbonyl (C=O) groups is 1. The van der Waals surface area contributed by atoms with Crippen molar-refractivity contribution < 1.29 is 9.21 Å². The minimum atomic E-state index is -0.0515. The molecule has 1 N–H and O–H groups in total. The molecule has 17 heavy (non-hydrogen) atoms. The highest BCUT2D eigenvalue weighted by molar-refractivity contribution is 5.82. The summed E-state index contributed by atoms with van der Waals surface area (Å²) in [6.07, 6.45) is 5.52. The molecule has 0 saturated carbocycles. The predicted octanol–water partition coefficient (Wildman–Crippen LogP) is 1.63. The maximum Gasteiger partial charge on any atom is 0.240 e. The van der Waals surface area contributed by atoms with E-state index in [0.717, 1.165) is 24.9 Å². The summed E-state index contributed by atoms with van der Waals surface area (Å²) in [7, 11) is 1.86. The maximum atomic E-state index is 12.3. The van der Waals surface area contributed by atoms with Crippen molar-refractivity contribution in [3.8, 4) is 0 Å². The first-order chi connectivity index (χ1) is 8.22. The fourth-order valence-electron chi connectivity index (χ4n) is 2.49. The lowest BCUT2D eigenvalue weighted by Gasteiger charge is -2.25. The number of carbonyl (C=O) groups excluding carboxylic acids is 1. The fraction of sp³-hybridized carbons (Fsp3) is 0.615. The number of nitrogens with zero attached hydrogens (tertiary/aromatic N) is 1. The van der Waals surface area contributed by atoms with E-state index in [1.807, 2.05) is 18.0 Å². The largest absolute Gasteiger partial charge is 0.472 e. The number of likely N-dealkylation sites (tertiary alicyclic amines) is 1. The van der Waals surface area contributed by atoms with Crippen LogP contribution in [0.5, 0.6) is 0 Å². The number of furan rings is 1. The van der Waals surface area contributed by atoms with Crippen LogP contribution in [-0.2, 0) is 11.3 Å². The van der Waals surface area contributed by atoms with Gasteiger partial charge >= 0.3 is 0 Å². The van der Waals surface area contributed by atoms with E-state index < -0.39 is 0 Å². The third kappa shape index (κ3) is 2.69. The summed E-state index contributed by atoms with van der Waals surface area (Å²) in [5.41, 5.74) is 1.06. The Balaban J connectivity index is 2.08. The molecule has 4 nitrogen and oxygen atoms in total. The molecule has 1 saturated heterocycles. The Morgan fingerprint density at radius 1 is 1.59 bits per heavy atom. The smallest absolute Gasteiger partial charge is 0.240 e. The van der Waals surface area contributed by atoms with Gasteiger partial charge in [-0.3, -0.25) is 4.79 Å². The van der Waals surface area contributed by atoms with E-state index in [-0.39, 0.29) is 11.9 Å². The Bertz CT molecular complexity index is 362. The van der Waals surface area contributed by atoms with Gasteiger partial charge in [0.15, 0.2) is 0 Å². The van der Waals surface area contributed by atoms with E-state index in [1.165, 1.54) is 0 Å². The van der Waals surface area contributed by atoms with Crippen LogP contribution >= 0.6 is 0 Å². The van der Waals surface area contributed by atoms with Gasteiger partial charge < -0.3 is 14.6 Å².